The highest BCUT2D eigenvalue weighted by molar-refractivity contribution is 6.10. The topological polar surface area (TPSA) is 37.3 Å². The molecule has 0 saturated heterocycles. The Balaban J connectivity index is 1.53. The van der Waals surface area contributed by atoms with E-state index in [0.717, 1.165) is 6.42 Å². The summed E-state index contributed by atoms with van der Waals surface area (Å²) in [5.74, 6) is -0.0841. The smallest absolute Gasteiger partial charge is 0.196 e. The molecule has 0 aromatic heterocycles. The Bertz CT molecular complexity index is 718. The lowest BCUT2D eigenvalue weighted by Crippen LogP contribution is -2.01. The number of hydrogen-bond acceptors (Lipinski definition) is 2. The minimum atomic E-state index is -0.124. The first-order chi connectivity index (χ1) is 14.7. The number of ketones is 1. The van der Waals surface area contributed by atoms with E-state index in [2.05, 4.69) is 6.92 Å². The van der Waals surface area contributed by atoms with Crippen LogP contribution in [0, 0.1) is 0 Å². The molecule has 164 valence electrons. The minimum absolute atomic E-state index is 0.0403. The predicted molar refractivity (Wildman–Crippen MR) is 127 cm³/mol. The molecular formula is C28H40O2. The van der Waals surface area contributed by atoms with Crippen molar-refractivity contribution in [3.05, 3.63) is 65.2 Å². The number of rotatable bonds is 16. The van der Waals surface area contributed by atoms with Gasteiger partial charge in [-0.25, -0.2) is 0 Å². The molecule has 0 atom stereocenters. The van der Waals surface area contributed by atoms with Crippen molar-refractivity contribution in [3.8, 4) is 5.75 Å². The van der Waals surface area contributed by atoms with Crippen LogP contribution in [0.25, 0.3) is 0 Å². The van der Waals surface area contributed by atoms with Crippen molar-refractivity contribution in [3.63, 3.8) is 0 Å². The molecule has 0 spiro atoms. The summed E-state index contributed by atoms with van der Waals surface area (Å²) in [7, 11) is 0. The van der Waals surface area contributed by atoms with Gasteiger partial charge in [-0.2, -0.15) is 0 Å². The van der Waals surface area contributed by atoms with Gasteiger partial charge in [0.15, 0.2) is 5.78 Å². The van der Waals surface area contributed by atoms with Gasteiger partial charge in [0.1, 0.15) is 5.75 Å². The Kier molecular flexibility index (Phi) is 11.9. The molecule has 0 unspecified atom stereocenters. The van der Waals surface area contributed by atoms with Gasteiger partial charge in [-0.3, -0.25) is 4.79 Å². The maximum Gasteiger partial charge on any atom is 0.196 e. The van der Waals surface area contributed by atoms with E-state index in [1.165, 1.54) is 89.0 Å². The normalized spacial score (nSPS) is 11.0. The number of phenols is 1. The van der Waals surface area contributed by atoms with Crippen LogP contribution in [0.15, 0.2) is 48.5 Å². The molecule has 1 N–H and O–H groups in total. The van der Waals surface area contributed by atoms with Crippen LogP contribution in [0.3, 0.4) is 0 Å². The average Bonchev–Trinajstić information content (AvgIpc) is 2.77. The third kappa shape index (κ3) is 9.15. The van der Waals surface area contributed by atoms with Gasteiger partial charge in [0.2, 0.25) is 0 Å². The van der Waals surface area contributed by atoms with Gasteiger partial charge < -0.3 is 5.11 Å². The van der Waals surface area contributed by atoms with Gasteiger partial charge in [-0.15, -0.1) is 0 Å². The van der Waals surface area contributed by atoms with E-state index in [0.29, 0.717) is 11.1 Å². The maximum atomic E-state index is 12.5. The van der Waals surface area contributed by atoms with Crippen LogP contribution < -0.4 is 0 Å². The maximum absolute atomic E-state index is 12.5. The van der Waals surface area contributed by atoms with Crippen molar-refractivity contribution >= 4 is 5.78 Å². The Morgan fingerprint density at radius 3 is 1.70 bits per heavy atom. The quantitative estimate of drug-likeness (QED) is 0.224. The second-order valence-corrected chi connectivity index (χ2v) is 8.54. The van der Waals surface area contributed by atoms with E-state index < -0.39 is 0 Å². The molecule has 30 heavy (non-hydrogen) atoms. The summed E-state index contributed by atoms with van der Waals surface area (Å²) in [4.78, 5) is 12.5. The molecule has 0 heterocycles. The van der Waals surface area contributed by atoms with Gasteiger partial charge in [-0.05, 0) is 30.5 Å². The summed E-state index contributed by atoms with van der Waals surface area (Å²) >= 11 is 0. The molecule has 2 aromatic rings. The van der Waals surface area contributed by atoms with Crippen LogP contribution in [0.1, 0.15) is 112 Å². The molecule has 0 amide bonds. The van der Waals surface area contributed by atoms with Crippen LogP contribution >= 0.6 is 0 Å². The molecule has 0 radical (unpaired) electrons. The molecule has 0 bridgehead atoms. The predicted octanol–water partition coefficient (Wildman–Crippen LogP) is 8.26. The van der Waals surface area contributed by atoms with Crippen LogP contribution in [0.2, 0.25) is 0 Å². The molecule has 0 fully saturated rings. The monoisotopic (exact) mass is 408 g/mol. The number of carbonyl (C=O) groups excluding carboxylic acids is 1. The van der Waals surface area contributed by atoms with E-state index in [1.807, 2.05) is 24.3 Å². The highest BCUT2D eigenvalue weighted by Gasteiger charge is 2.12. The summed E-state index contributed by atoms with van der Waals surface area (Å²) in [6.07, 6.45) is 18.9. The Labute approximate surface area is 183 Å². The second kappa shape index (κ2) is 14.8. The van der Waals surface area contributed by atoms with Crippen molar-refractivity contribution < 1.29 is 9.90 Å². The van der Waals surface area contributed by atoms with Crippen molar-refractivity contribution in [1.29, 1.82) is 0 Å². The standard InChI is InChI=1S/C28H40O2/c1-2-3-4-5-6-7-8-9-10-11-12-13-14-17-24-20-22-25(23-21-24)28(30)26-18-15-16-19-27(26)29/h15-16,18-23,29H,2-14,17H2,1H3. The van der Waals surface area contributed by atoms with Gasteiger partial charge in [0, 0.05) is 5.56 Å². The van der Waals surface area contributed by atoms with Crippen LogP contribution in [0.5, 0.6) is 5.75 Å². The average molecular weight is 409 g/mol. The van der Waals surface area contributed by atoms with Crippen molar-refractivity contribution in [2.45, 2.75) is 96.8 Å². The van der Waals surface area contributed by atoms with Crippen LogP contribution in [-0.2, 0) is 6.42 Å². The largest absolute Gasteiger partial charge is 0.507 e. The Hall–Kier alpha value is -2.09. The van der Waals surface area contributed by atoms with Gasteiger partial charge in [0.25, 0.3) is 0 Å². The highest BCUT2D eigenvalue weighted by Crippen LogP contribution is 2.20. The van der Waals surface area contributed by atoms with E-state index in [9.17, 15) is 9.90 Å². The lowest BCUT2D eigenvalue weighted by molar-refractivity contribution is 0.103. The molecule has 0 saturated carbocycles. The molecule has 0 aliphatic carbocycles. The number of aryl methyl sites for hydroxylation is 1. The third-order valence-electron chi connectivity index (χ3n) is 5.93. The molecular weight excluding hydrogens is 368 g/mol. The van der Waals surface area contributed by atoms with E-state index in [4.69, 9.17) is 0 Å². The summed E-state index contributed by atoms with van der Waals surface area (Å²) in [5.41, 5.74) is 2.28. The zero-order valence-electron chi connectivity index (χ0n) is 18.9. The molecule has 2 rings (SSSR count). The first-order valence-electron chi connectivity index (χ1n) is 12.1. The first-order valence-corrected chi connectivity index (χ1v) is 12.1. The first kappa shape index (κ1) is 24.2. The Morgan fingerprint density at radius 1 is 0.667 bits per heavy atom. The van der Waals surface area contributed by atoms with Crippen molar-refractivity contribution in [1.82, 2.24) is 0 Å². The fourth-order valence-corrected chi connectivity index (χ4v) is 3.99. The number of para-hydroxylation sites is 1. The fourth-order valence-electron chi connectivity index (χ4n) is 3.99. The molecule has 0 aliphatic heterocycles. The Morgan fingerprint density at radius 2 is 1.17 bits per heavy atom. The van der Waals surface area contributed by atoms with Crippen LogP contribution in [0.4, 0.5) is 0 Å². The number of hydrogen-bond donors (Lipinski definition) is 1. The van der Waals surface area contributed by atoms with Gasteiger partial charge in [-0.1, -0.05) is 120 Å². The zero-order chi connectivity index (χ0) is 21.4. The van der Waals surface area contributed by atoms with Gasteiger partial charge in [0.05, 0.1) is 5.56 Å². The zero-order valence-corrected chi connectivity index (χ0v) is 18.9. The summed E-state index contributed by atoms with van der Waals surface area (Å²) in [6, 6.07) is 14.6. The number of phenolic OH excluding ortho intramolecular Hbond substituents is 1. The van der Waals surface area contributed by atoms with E-state index >= 15 is 0 Å². The number of benzene rings is 2. The van der Waals surface area contributed by atoms with Crippen LogP contribution in [-0.4, -0.2) is 10.9 Å². The van der Waals surface area contributed by atoms with Crippen molar-refractivity contribution in [2.24, 2.45) is 0 Å². The molecule has 2 aromatic carbocycles. The lowest BCUT2D eigenvalue weighted by Gasteiger charge is -2.06. The SMILES string of the molecule is CCCCCCCCCCCCCCCc1ccc(C(=O)c2ccccc2O)cc1. The van der Waals surface area contributed by atoms with Gasteiger partial charge >= 0.3 is 0 Å². The number of aromatic hydroxyl groups is 1. The van der Waals surface area contributed by atoms with Crippen molar-refractivity contribution in [2.75, 3.05) is 0 Å². The fraction of sp³-hybridized carbons (Fsp3) is 0.536. The number of unbranched alkanes of at least 4 members (excludes halogenated alkanes) is 12. The summed E-state index contributed by atoms with van der Waals surface area (Å²) in [5, 5.41) is 9.86. The minimum Gasteiger partial charge on any atom is -0.507 e. The van der Waals surface area contributed by atoms with E-state index in [1.54, 1.807) is 24.3 Å². The third-order valence-corrected chi connectivity index (χ3v) is 5.93. The number of carbonyl (C=O) groups is 1. The highest BCUT2D eigenvalue weighted by atomic mass is 16.3. The second-order valence-electron chi connectivity index (χ2n) is 8.54. The van der Waals surface area contributed by atoms with E-state index in [-0.39, 0.29) is 11.5 Å². The molecule has 0 aliphatic rings. The lowest BCUT2D eigenvalue weighted by atomic mass is 9.99. The molecule has 2 nitrogen and oxygen atoms in total. The summed E-state index contributed by atoms with van der Waals surface area (Å²) < 4.78 is 0. The molecule has 2 heteroatoms. The summed E-state index contributed by atoms with van der Waals surface area (Å²) in [6.45, 7) is 2.28.